The SMILES string of the molecule is c1ccc(N(c2ccc(-c3ccc4ccccc4c3)cc2)c2ccc(-c3ccc4c(c3)c3cccc5c3n4-c3ccccc3O5)cc2)cc1. The molecule has 3 heteroatoms. The molecule has 0 unspecified atom stereocenters. The Bertz CT molecular complexity index is 2670. The predicted octanol–water partition coefficient (Wildman–Crippen LogP) is 12.8. The van der Waals surface area contributed by atoms with Crippen LogP contribution >= 0.6 is 0 Å². The number of benzene rings is 8. The van der Waals surface area contributed by atoms with E-state index >= 15 is 0 Å². The van der Waals surface area contributed by atoms with Crippen LogP contribution in [-0.4, -0.2) is 4.57 Å². The number of aromatic nitrogens is 1. The normalized spacial score (nSPS) is 11.8. The number of anilines is 3. The quantitative estimate of drug-likeness (QED) is 0.189. The maximum absolute atomic E-state index is 6.32. The number of rotatable bonds is 5. The van der Waals surface area contributed by atoms with E-state index in [9.17, 15) is 0 Å². The number of ether oxygens (including phenoxy) is 1. The molecule has 0 saturated carbocycles. The first-order valence-electron chi connectivity index (χ1n) is 16.7. The van der Waals surface area contributed by atoms with E-state index in [2.05, 4.69) is 179 Å². The van der Waals surface area contributed by atoms with Crippen molar-refractivity contribution >= 4 is 49.6 Å². The van der Waals surface area contributed by atoms with Gasteiger partial charge in [0.25, 0.3) is 0 Å². The average Bonchev–Trinajstić information content (AvgIpc) is 3.51. The molecule has 0 N–H and O–H groups in total. The van der Waals surface area contributed by atoms with Crippen LogP contribution in [0, 0.1) is 0 Å². The molecule has 2 heterocycles. The van der Waals surface area contributed by atoms with Crippen molar-refractivity contribution in [3.05, 3.63) is 182 Å². The van der Waals surface area contributed by atoms with Crippen molar-refractivity contribution < 1.29 is 4.74 Å². The molecule has 9 aromatic rings. The summed E-state index contributed by atoms with van der Waals surface area (Å²) in [5, 5.41) is 4.93. The van der Waals surface area contributed by atoms with Crippen molar-refractivity contribution in [2.75, 3.05) is 4.90 Å². The Morgan fingerprint density at radius 1 is 0.388 bits per heavy atom. The minimum Gasteiger partial charge on any atom is -0.453 e. The number of hydrogen-bond acceptors (Lipinski definition) is 2. The van der Waals surface area contributed by atoms with Crippen LogP contribution in [0.15, 0.2) is 182 Å². The van der Waals surface area contributed by atoms with Crippen molar-refractivity contribution in [3.63, 3.8) is 0 Å². The molecule has 0 radical (unpaired) electrons. The summed E-state index contributed by atoms with van der Waals surface area (Å²) in [6.45, 7) is 0. The molecule has 0 spiro atoms. The molecule has 230 valence electrons. The van der Waals surface area contributed by atoms with E-state index in [1.54, 1.807) is 0 Å². The highest BCUT2D eigenvalue weighted by Gasteiger charge is 2.23. The van der Waals surface area contributed by atoms with Crippen LogP contribution in [0.4, 0.5) is 17.1 Å². The predicted molar refractivity (Wildman–Crippen MR) is 204 cm³/mol. The van der Waals surface area contributed by atoms with Gasteiger partial charge in [-0.25, -0.2) is 0 Å². The molecule has 3 nitrogen and oxygen atoms in total. The standard InChI is InChI=1S/C46H30N2O/c1-2-11-37(12-3-1)47(38-24-19-32(20-25-38)35-18-17-31-9-4-5-10-34(31)29-35)39-26-21-33(22-27-39)36-23-28-42-41(30-36)40-13-8-16-45-46(40)48(42)43-14-6-7-15-44(43)49-45/h1-30H. The highest BCUT2D eigenvalue weighted by Crippen LogP contribution is 2.46. The fraction of sp³-hybridized carbons (Fsp3) is 0. The van der Waals surface area contributed by atoms with Gasteiger partial charge in [0, 0.05) is 27.8 Å². The van der Waals surface area contributed by atoms with Crippen LogP contribution in [0.3, 0.4) is 0 Å². The van der Waals surface area contributed by atoms with Crippen LogP contribution in [0.5, 0.6) is 11.5 Å². The molecule has 1 aliphatic heterocycles. The Kier molecular flexibility index (Phi) is 6.18. The largest absolute Gasteiger partial charge is 0.453 e. The third-order valence-electron chi connectivity index (χ3n) is 9.76. The van der Waals surface area contributed by atoms with Crippen molar-refractivity contribution in [3.8, 4) is 39.4 Å². The Morgan fingerprint density at radius 2 is 0.980 bits per heavy atom. The summed E-state index contributed by atoms with van der Waals surface area (Å²) in [4.78, 5) is 2.32. The van der Waals surface area contributed by atoms with Gasteiger partial charge in [-0.2, -0.15) is 0 Å². The van der Waals surface area contributed by atoms with Crippen LogP contribution < -0.4 is 9.64 Å². The van der Waals surface area contributed by atoms with Gasteiger partial charge in [0.1, 0.15) is 0 Å². The molecule has 0 fully saturated rings. The van der Waals surface area contributed by atoms with E-state index in [-0.39, 0.29) is 0 Å². The van der Waals surface area contributed by atoms with Gasteiger partial charge in [-0.15, -0.1) is 0 Å². The second kappa shape index (κ2) is 11.0. The van der Waals surface area contributed by atoms with E-state index in [1.165, 1.54) is 49.3 Å². The molecule has 0 bridgehead atoms. The highest BCUT2D eigenvalue weighted by molar-refractivity contribution is 6.13. The van der Waals surface area contributed by atoms with Gasteiger partial charge in [0.05, 0.1) is 16.7 Å². The molecule has 0 saturated heterocycles. The molecule has 49 heavy (non-hydrogen) atoms. The summed E-state index contributed by atoms with van der Waals surface area (Å²) in [5.41, 5.74) is 11.5. The lowest BCUT2D eigenvalue weighted by atomic mass is 10.0. The summed E-state index contributed by atoms with van der Waals surface area (Å²) < 4.78 is 8.66. The average molecular weight is 627 g/mol. The third kappa shape index (κ3) is 4.51. The van der Waals surface area contributed by atoms with Crippen molar-refractivity contribution in [1.29, 1.82) is 0 Å². The van der Waals surface area contributed by atoms with Crippen LogP contribution in [0.1, 0.15) is 0 Å². The van der Waals surface area contributed by atoms with Gasteiger partial charge < -0.3 is 14.2 Å². The van der Waals surface area contributed by atoms with Crippen LogP contribution in [0.25, 0.3) is 60.5 Å². The molecule has 1 aliphatic rings. The topological polar surface area (TPSA) is 17.4 Å². The van der Waals surface area contributed by atoms with Crippen LogP contribution in [-0.2, 0) is 0 Å². The maximum atomic E-state index is 6.32. The van der Waals surface area contributed by atoms with Gasteiger partial charge in [-0.3, -0.25) is 0 Å². The highest BCUT2D eigenvalue weighted by atomic mass is 16.5. The Labute approximate surface area is 284 Å². The lowest BCUT2D eigenvalue weighted by molar-refractivity contribution is 0.476. The third-order valence-corrected chi connectivity index (χ3v) is 9.76. The molecule has 10 rings (SSSR count). The number of nitrogens with zero attached hydrogens (tertiary/aromatic N) is 2. The van der Waals surface area contributed by atoms with Crippen LogP contribution in [0.2, 0.25) is 0 Å². The number of hydrogen-bond donors (Lipinski definition) is 0. The first-order chi connectivity index (χ1) is 24.3. The minimum absolute atomic E-state index is 0.881. The summed E-state index contributed by atoms with van der Waals surface area (Å²) in [6, 6.07) is 65.0. The van der Waals surface area contributed by atoms with Crippen molar-refractivity contribution in [1.82, 2.24) is 4.57 Å². The zero-order valence-corrected chi connectivity index (χ0v) is 26.6. The van der Waals surface area contributed by atoms with E-state index in [1.807, 2.05) is 12.1 Å². The second-order valence-corrected chi connectivity index (χ2v) is 12.6. The van der Waals surface area contributed by atoms with E-state index in [0.717, 1.165) is 39.8 Å². The molecule has 0 atom stereocenters. The fourth-order valence-corrected chi connectivity index (χ4v) is 7.40. The fourth-order valence-electron chi connectivity index (χ4n) is 7.40. The van der Waals surface area contributed by atoms with Gasteiger partial charge in [0.2, 0.25) is 0 Å². The Hall–Kier alpha value is -6.58. The van der Waals surface area contributed by atoms with Gasteiger partial charge in [-0.05, 0) is 106 Å². The molecule has 0 amide bonds. The summed E-state index contributed by atoms with van der Waals surface area (Å²) >= 11 is 0. The van der Waals surface area contributed by atoms with Gasteiger partial charge >= 0.3 is 0 Å². The number of para-hydroxylation sites is 4. The first-order valence-corrected chi connectivity index (χ1v) is 16.7. The molecule has 0 aliphatic carbocycles. The Morgan fingerprint density at radius 3 is 1.76 bits per heavy atom. The lowest BCUT2D eigenvalue weighted by Crippen LogP contribution is -2.09. The lowest BCUT2D eigenvalue weighted by Gasteiger charge is -2.26. The maximum Gasteiger partial charge on any atom is 0.152 e. The number of fused-ring (bicyclic) bond motifs is 6. The molecule has 1 aromatic heterocycles. The van der Waals surface area contributed by atoms with E-state index < -0.39 is 0 Å². The summed E-state index contributed by atoms with van der Waals surface area (Å²) in [7, 11) is 0. The molecule has 8 aromatic carbocycles. The molecular weight excluding hydrogens is 597 g/mol. The first kappa shape index (κ1) is 27.5. The van der Waals surface area contributed by atoms with Crippen molar-refractivity contribution in [2.24, 2.45) is 0 Å². The monoisotopic (exact) mass is 626 g/mol. The van der Waals surface area contributed by atoms with E-state index in [0.29, 0.717) is 0 Å². The summed E-state index contributed by atoms with van der Waals surface area (Å²) in [6.07, 6.45) is 0. The van der Waals surface area contributed by atoms with E-state index in [4.69, 9.17) is 4.74 Å². The van der Waals surface area contributed by atoms with Gasteiger partial charge in [0.15, 0.2) is 11.5 Å². The Balaban J connectivity index is 1.02. The zero-order chi connectivity index (χ0) is 32.3. The molecular formula is C46H30N2O. The van der Waals surface area contributed by atoms with Crippen molar-refractivity contribution in [2.45, 2.75) is 0 Å². The smallest absolute Gasteiger partial charge is 0.152 e. The summed E-state index contributed by atoms with van der Waals surface area (Å²) in [5.74, 6) is 1.77. The second-order valence-electron chi connectivity index (χ2n) is 12.6. The minimum atomic E-state index is 0.881. The zero-order valence-electron chi connectivity index (χ0n) is 26.6. The van der Waals surface area contributed by atoms with Gasteiger partial charge in [-0.1, -0.05) is 109 Å².